The molecule has 2 aromatic heterocycles. The van der Waals surface area contributed by atoms with Crippen molar-refractivity contribution in [2.24, 2.45) is 0 Å². The molecule has 3 aromatic rings. The number of aromatic amines is 1. The first kappa shape index (κ1) is 19.0. The number of piperidine rings is 1. The third-order valence-electron chi connectivity index (χ3n) is 5.95. The van der Waals surface area contributed by atoms with Gasteiger partial charge in [0, 0.05) is 30.4 Å². The van der Waals surface area contributed by atoms with Crippen molar-refractivity contribution in [3.05, 3.63) is 43.0 Å². The van der Waals surface area contributed by atoms with Crippen LogP contribution in [-0.4, -0.2) is 69.8 Å². The normalized spacial score (nSPS) is 25.8. The average Bonchev–Trinajstić information content (AvgIpc) is 3.31. The van der Waals surface area contributed by atoms with E-state index in [1.807, 2.05) is 18.0 Å². The lowest BCUT2D eigenvalue weighted by Crippen LogP contribution is -2.65. The Hall–Kier alpha value is -3.04. The minimum atomic E-state index is -1.05. The predicted molar refractivity (Wildman–Crippen MR) is 110 cm³/mol. The molecule has 2 bridgehead atoms. The molecule has 0 spiro atoms. The Balaban J connectivity index is 1.35. The quantitative estimate of drug-likeness (QED) is 0.606. The van der Waals surface area contributed by atoms with Gasteiger partial charge in [0.15, 0.2) is 0 Å². The van der Waals surface area contributed by atoms with Gasteiger partial charge in [0.25, 0.3) is 0 Å². The molecule has 3 N–H and O–H groups in total. The van der Waals surface area contributed by atoms with Crippen LogP contribution in [0.3, 0.4) is 0 Å². The molecule has 2 fully saturated rings. The maximum Gasteiger partial charge on any atom is 0.147 e. The fourth-order valence-electron chi connectivity index (χ4n) is 4.27. The Morgan fingerprint density at radius 3 is 2.80 bits per heavy atom. The van der Waals surface area contributed by atoms with E-state index in [-0.39, 0.29) is 23.9 Å². The molecule has 5 rings (SSSR count). The molecule has 0 radical (unpaired) electrons. The number of phenolic OH excluding ortho intramolecular Hbond substituents is 1. The standard InChI is InChI=1S/C21H23FN6O2/c1-28(18-5-14-10-30-11-17(27-14)21(18)22)20-9-23-16(8-24-20)15-3-2-12(4-19(15)29)13-6-25-26-7-13/h2-4,6-9,14,17-18,21,27,29H,5,10-11H2,1H3,(H,25,26)/t14-,17-,18+,21-/m0/s1. The average molecular weight is 410 g/mol. The van der Waals surface area contributed by atoms with Crippen molar-refractivity contribution in [3.8, 4) is 28.1 Å². The monoisotopic (exact) mass is 410 g/mol. The number of aromatic hydroxyl groups is 1. The molecular weight excluding hydrogens is 387 g/mol. The smallest absolute Gasteiger partial charge is 0.147 e. The molecule has 4 heterocycles. The highest BCUT2D eigenvalue weighted by atomic mass is 19.1. The first-order valence-corrected chi connectivity index (χ1v) is 9.95. The third-order valence-corrected chi connectivity index (χ3v) is 5.95. The minimum Gasteiger partial charge on any atom is -0.507 e. The van der Waals surface area contributed by atoms with Gasteiger partial charge in [-0.1, -0.05) is 6.07 Å². The number of hydrogen-bond donors (Lipinski definition) is 3. The van der Waals surface area contributed by atoms with Crippen molar-refractivity contribution >= 4 is 5.82 Å². The molecule has 0 amide bonds. The van der Waals surface area contributed by atoms with E-state index >= 15 is 0 Å². The zero-order valence-electron chi connectivity index (χ0n) is 16.5. The van der Waals surface area contributed by atoms with E-state index in [1.165, 1.54) is 0 Å². The summed E-state index contributed by atoms with van der Waals surface area (Å²) in [7, 11) is 1.85. The van der Waals surface area contributed by atoms with Crippen LogP contribution in [0.5, 0.6) is 5.75 Å². The number of ether oxygens (including phenoxy) is 1. The Bertz CT molecular complexity index is 1010. The lowest BCUT2D eigenvalue weighted by Gasteiger charge is -2.45. The van der Waals surface area contributed by atoms with Crippen molar-refractivity contribution < 1.29 is 14.2 Å². The van der Waals surface area contributed by atoms with Gasteiger partial charge in [-0.2, -0.15) is 5.10 Å². The van der Waals surface area contributed by atoms with E-state index in [9.17, 15) is 9.50 Å². The fraction of sp³-hybridized carbons (Fsp3) is 0.381. The molecule has 1 aromatic carbocycles. The maximum absolute atomic E-state index is 14.9. The molecule has 2 aliphatic rings. The van der Waals surface area contributed by atoms with Crippen LogP contribution in [0.25, 0.3) is 22.4 Å². The second-order valence-corrected chi connectivity index (χ2v) is 7.84. The molecule has 4 atom stereocenters. The van der Waals surface area contributed by atoms with Crippen LogP contribution in [0, 0.1) is 0 Å². The highest BCUT2D eigenvalue weighted by Crippen LogP contribution is 2.33. The molecule has 30 heavy (non-hydrogen) atoms. The number of aromatic nitrogens is 4. The Kier molecular flexibility index (Phi) is 4.84. The third kappa shape index (κ3) is 3.40. The number of nitrogens with one attached hydrogen (secondary N) is 2. The second kappa shape index (κ2) is 7.66. The van der Waals surface area contributed by atoms with Gasteiger partial charge in [-0.15, -0.1) is 0 Å². The minimum absolute atomic E-state index is 0.110. The van der Waals surface area contributed by atoms with E-state index in [0.29, 0.717) is 36.7 Å². The Morgan fingerprint density at radius 1 is 1.17 bits per heavy atom. The van der Waals surface area contributed by atoms with Crippen LogP contribution in [0.4, 0.5) is 10.2 Å². The summed E-state index contributed by atoms with van der Waals surface area (Å²) in [5.74, 6) is 0.709. The number of alkyl halides is 1. The summed E-state index contributed by atoms with van der Waals surface area (Å²) >= 11 is 0. The first-order valence-electron chi connectivity index (χ1n) is 9.95. The van der Waals surface area contributed by atoms with Crippen LogP contribution < -0.4 is 10.2 Å². The summed E-state index contributed by atoms with van der Waals surface area (Å²) in [6, 6.07) is 4.95. The molecular formula is C21H23FN6O2. The van der Waals surface area contributed by atoms with Crippen molar-refractivity contribution in [3.63, 3.8) is 0 Å². The van der Waals surface area contributed by atoms with Crippen LogP contribution in [-0.2, 0) is 4.74 Å². The SMILES string of the molecule is CN(c1cnc(-c2ccc(-c3cn[nH]c3)cc2O)cn1)[C@@H]1C[C@H]2COC[C@H](N2)[C@@H]1F. The second-order valence-electron chi connectivity index (χ2n) is 7.84. The highest BCUT2D eigenvalue weighted by Gasteiger charge is 2.42. The van der Waals surface area contributed by atoms with E-state index in [0.717, 1.165) is 11.1 Å². The number of hydrogen-bond acceptors (Lipinski definition) is 7. The summed E-state index contributed by atoms with van der Waals surface area (Å²) in [6.07, 6.45) is 6.29. The van der Waals surface area contributed by atoms with Crippen LogP contribution in [0.15, 0.2) is 43.0 Å². The van der Waals surface area contributed by atoms with Crippen LogP contribution in [0.1, 0.15) is 6.42 Å². The molecule has 0 unspecified atom stereocenters. The summed E-state index contributed by atoms with van der Waals surface area (Å²) < 4.78 is 20.4. The maximum atomic E-state index is 14.9. The highest BCUT2D eigenvalue weighted by molar-refractivity contribution is 5.73. The van der Waals surface area contributed by atoms with Crippen molar-refractivity contribution in [1.82, 2.24) is 25.5 Å². The summed E-state index contributed by atoms with van der Waals surface area (Å²) in [6.45, 7) is 0.993. The Labute approximate surface area is 173 Å². The van der Waals surface area contributed by atoms with Gasteiger partial charge in [0.05, 0.1) is 49.6 Å². The van der Waals surface area contributed by atoms with Crippen molar-refractivity contribution in [2.75, 3.05) is 25.2 Å². The molecule has 2 aliphatic heterocycles. The number of nitrogens with zero attached hydrogens (tertiary/aromatic N) is 4. The lowest BCUT2D eigenvalue weighted by atomic mass is 9.90. The van der Waals surface area contributed by atoms with E-state index in [1.54, 1.807) is 36.9 Å². The predicted octanol–water partition coefficient (Wildman–Crippen LogP) is 2.14. The number of rotatable bonds is 4. The number of phenols is 1. The van der Waals surface area contributed by atoms with Gasteiger partial charge >= 0.3 is 0 Å². The van der Waals surface area contributed by atoms with E-state index < -0.39 is 6.17 Å². The van der Waals surface area contributed by atoms with Gasteiger partial charge < -0.3 is 20.1 Å². The van der Waals surface area contributed by atoms with Gasteiger partial charge in [-0.25, -0.2) is 9.37 Å². The first-order chi connectivity index (χ1) is 14.6. The molecule has 0 aliphatic carbocycles. The van der Waals surface area contributed by atoms with Crippen LogP contribution in [0.2, 0.25) is 0 Å². The summed E-state index contributed by atoms with van der Waals surface area (Å²) in [5.41, 5.74) is 2.87. The molecule has 2 saturated heterocycles. The number of anilines is 1. The van der Waals surface area contributed by atoms with Gasteiger partial charge in [-0.05, 0) is 24.1 Å². The molecule has 156 valence electrons. The van der Waals surface area contributed by atoms with E-state index in [2.05, 4.69) is 25.5 Å². The van der Waals surface area contributed by atoms with Crippen LogP contribution >= 0.6 is 0 Å². The zero-order chi connectivity index (χ0) is 20.7. The van der Waals surface area contributed by atoms with Gasteiger partial charge in [0.2, 0.25) is 0 Å². The van der Waals surface area contributed by atoms with Gasteiger partial charge in [0.1, 0.15) is 17.7 Å². The topological polar surface area (TPSA) is 99.2 Å². The number of benzene rings is 1. The fourth-order valence-corrected chi connectivity index (χ4v) is 4.27. The summed E-state index contributed by atoms with van der Waals surface area (Å²) in [4.78, 5) is 10.8. The van der Waals surface area contributed by atoms with Gasteiger partial charge in [-0.3, -0.25) is 10.1 Å². The number of halogens is 1. The summed E-state index contributed by atoms with van der Waals surface area (Å²) in [5, 5.41) is 20.5. The molecule has 9 heteroatoms. The van der Waals surface area contributed by atoms with Crippen molar-refractivity contribution in [1.29, 1.82) is 0 Å². The number of H-pyrrole nitrogens is 1. The number of fused-ring (bicyclic) bond motifs is 2. The van der Waals surface area contributed by atoms with Crippen molar-refractivity contribution in [2.45, 2.75) is 30.7 Å². The zero-order valence-corrected chi connectivity index (χ0v) is 16.5. The lowest BCUT2D eigenvalue weighted by molar-refractivity contribution is -0.0175. The molecule has 8 nitrogen and oxygen atoms in total. The largest absolute Gasteiger partial charge is 0.507 e. The Morgan fingerprint density at radius 2 is 2.07 bits per heavy atom. The molecule has 0 saturated carbocycles. The number of morpholine rings is 1. The van der Waals surface area contributed by atoms with E-state index in [4.69, 9.17) is 4.74 Å².